The molecule has 0 bridgehead atoms. The molecule has 6 nitrogen and oxygen atoms in total. The molecule has 0 saturated carbocycles. The fourth-order valence-electron chi connectivity index (χ4n) is 2.59. The lowest BCUT2D eigenvalue weighted by molar-refractivity contribution is -0.115. The number of hydrogen-bond donors (Lipinski definition) is 2. The molecular weight excluding hydrogens is 368 g/mol. The summed E-state index contributed by atoms with van der Waals surface area (Å²) in [5.41, 5.74) is 3.28. The lowest BCUT2D eigenvalue weighted by Crippen LogP contribution is -2.32. The molecule has 29 heavy (non-hydrogen) atoms. The molecule has 0 aliphatic heterocycles. The van der Waals surface area contributed by atoms with Gasteiger partial charge in [0.2, 0.25) is 5.91 Å². The summed E-state index contributed by atoms with van der Waals surface area (Å²) < 4.78 is 11.4. The van der Waals surface area contributed by atoms with E-state index in [9.17, 15) is 9.59 Å². The highest BCUT2D eigenvalue weighted by molar-refractivity contribution is 5.99. The molecule has 0 aliphatic carbocycles. The maximum absolute atomic E-state index is 12.3. The SMILES string of the molecule is CCCOc1ccc(NC(=O)CNC(=O)c2ccc(C)c(C)c2)cc1OCCC. The van der Waals surface area contributed by atoms with E-state index in [2.05, 4.69) is 10.6 Å². The Kier molecular flexibility index (Phi) is 8.52. The molecule has 2 aromatic carbocycles. The highest BCUT2D eigenvalue weighted by atomic mass is 16.5. The number of aryl methyl sites for hydroxylation is 2. The van der Waals surface area contributed by atoms with E-state index >= 15 is 0 Å². The van der Waals surface area contributed by atoms with E-state index in [-0.39, 0.29) is 18.4 Å². The van der Waals surface area contributed by atoms with Crippen molar-refractivity contribution in [2.24, 2.45) is 0 Å². The van der Waals surface area contributed by atoms with Crippen molar-refractivity contribution in [1.29, 1.82) is 0 Å². The Morgan fingerprint density at radius 2 is 1.55 bits per heavy atom. The number of benzene rings is 2. The summed E-state index contributed by atoms with van der Waals surface area (Å²) in [7, 11) is 0. The van der Waals surface area contributed by atoms with E-state index in [1.165, 1.54) is 0 Å². The van der Waals surface area contributed by atoms with Crippen LogP contribution >= 0.6 is 0 Å². The Labute approximate surface area is 172 Å². The second kappa shape index (κ2) is 11.1. The zero-order valence-electron chi connectivity index (χ0n) is 17.6. The Bertz CT molecular complexity index is 849. The van der Waals surface area contributed by atoms with Crippen molar-refractivity contribution >= 4 is 17.5 Å². The third kappa shape index (κ3) is 6.82. The van der Waals surface area contributed by atoms with Gasteiger partial charge in [-0.3, -0.25) is 9.59 Å². The highest BCUT2D eigenvalue weighted by Gasteiger charge is 2.11. The molecule has 0 atom stereocenters. The van der Waals surface area contributed by atoms with Gasteiger partial charge in [0.05, 0.1) is 19.8 Å². The van der Waals surface area contributed by atoms with Gasteiger partial charge in [-0.2, -0.15) is 0 Å². The van der Waals surface area contributed by atoms with Crippen LogP contribution < -0.4 is 20.1 Å². The predicted molar refractivity (Wildman–Crippen MR) is 115 cm³/mol. The first-order valence-electron chi connectivity index (χ1n) is 9.99. The second-order valence-electron chi connectivity index (χ2n) is 6.89. The Morgan fingerprint density at radius 3 is 2.21 bits per heavy atom. The number of carbonyl (C=O) groups excluding carboxylic acids is 2. The molecule has 0 heterocycles. The lowest BCUT2D eigenvalue weighted by Gasteiger charge is -2.14. The van der Waals surface area contributed by atoms with Gasteiger partial charge >= 0.3 is 0 Å². The van der Waals surface area contributed by atoms with E-state index in [4.69, 9.17) is 9.47 Å². The first-order chi connectivity index (χ1) is 13.9. The second-order valence-corrected chi connectivity index (χ2v) is 6.89. The highest BCUT2D eigenvalue weighted by Crippen LogP contribution is 2.31. The van der Waals surface area contributed by atoms with Gasteiger partial charge in [-0.05, 0) is 62.1 Å². The monoisotopic (exact) mass is 398 g/mol. The van der Waals surface area contributed by atoms with Crippen molar-refractivity contribution in [2.45, 2.75) is 40.5 Å². The fraction of sp³-hybridized carbons (Fsp3) is 0.391. The predicted octanol–water partition coefficient (Wildman–Crippen LogP) is 4.25. The smallest absolute Gasteiger partial charge is 0.251 e. The number of rotatable bonds is 10. The van der Waals surface area contributed by atoms with Crippen molar-refractivity contribution in [3.05, 3.63) is 53.1 Å². The normalized spacial score (nSPS) is 10.3. The van der Waals surface area contributed by atoms with Crippen LogP contribution in [0.15, 0.2) is 36.4 Å². The molecule has 0 unspecified atom stereocenters. The van der Waals surface area contributed by atoms with E-state index in [1.807, 2.05) is 39.8 Å². The van der Waals surface area contributed by atoms with Crippen LogP contribution in [0.25, 0.3) is 0 Å². The van der Waals surface area contributed by atoms with Gasteiger partial charge in [0.1, 0.15) is 0 Å². The van der Waals surface area contributed by atoms with Crippen molar-refractivity contribution < 1.29 is 19.1 Å². The Hall–Kier alpha value is -3.02. The van der Waals surface area contributed by atoms with Gasteiger partial charge in [0.15, 0.2) is 11.5 Å². The number of amides is 2. The molecular formula is C23H30N2O4. The van der Waals surface area contributed by atoms with Crippen molar-refractivity contribution in [1.82, 2.24) is 5.32 Å². The molecule has 156 valence electrons. The minimum atomic E-state index is -0.314. The molecule has 2 aromatic rings. The van der Waals surface area contributed by atoms with Crippen LogP contribution in [0.5, 0.6) is 11.5 Å². The molecule has 0 saturated heterocycles. The number of carbonyl (C=O) groups is 2. The molecule has 0 spiro atoms. The van der Waals surface area contributed by atoms with Crippen LogP contribution in [0.4, 0.5) is 5.69 Å². The van der Waals surface area contributed by atoms with E-state index in [0.717, 1.165) is 24.0 Å². The lowest BCUT2D eigenvalue weighted by atomic mass is 10.1. The third-order valence-electron chi connectivity index (χ3n) is 4.33. The minimum Gasteiger partial charge on any atom is -0.490 e. The largest absolute Gasteiger partial charge is 0.490 e. The summed E-state index contributed by atoms with van der Waals surface area (Å²) >= 11 is 0. The van der Waals surface area contributed by atoms with E-state index < -0.39 is 0 Å². The van der Waals surface area contributed by atoms with Gasteiger partial charge in [-0.1, -0.05) is 19.9 Å². The van der Waals surface area contributed by atoms with Crippen LogP contribution in [0.1, 0.15) is 48.2 Å². The zero-order valence-corrected chi connectivity index (χ0v) is 17.6. The van der Waals surface area contributed by atoms with Crippen molar-refractivity contribution in [2.75, 3.05) is 25.1 Å². The first kappa shape index (κ1) is 22.3. The summed E-state index contributed by atoms with van der Waals surface area (Å²) in [6.45, 7) is 9.03. The standard InChI is InChI=1S/C23H30N2O4/c1-5-11-28-20-10-9-19(14-21(20)29-12-6-2)25-22(26)15-24-23(27)18-8-7-16(3)17(4)13-18/h7-10,13-14H,5-6,11-12,15H2,1-4H3,(H,24,27)(H,25,26). The molecule has 0 aromatic heterocycles. The molecule has 0 radical (unpaired) electrons. The molecule has 2 N–H and O–H groups in total. The Balaban J connectivity index is 1.96. The maximum atomic E-state index is 12.3. The number of hydrogen-bond acceptors (Lipinski definition) is 4. The van der Waals surface area contributed by atoms with Gasteiger partial charge in [-0.15, -0.1) is 0 Å². The molecule has 6 heteroatoms. The van der Waals surface area contributed by atoms with Crippen molar-refractivity contribution in [3.8, 4) is 11.5 Å². The van der Waals surface area contributed by atoms with Gasteiger partial charge in [0, 0.05) is 17.3 Å². The summed E-state index contributed by atoms with van der Waals surface area (Å²) in [6, 6.07) is 10.7. The maximum Gasteiger partial charge on any atom is 0.251 e. The Morgan fingerprint density at radius 1 is 0.862 bits per heavy atom. The van der Waals surface area contributed by atoms with Crippen LogP contribution in [0, 0.1) is 13.8 Å². The summed E-state index contributed by atoms with van der Waals surface area (Å²) in [5, 5.41) is 5.43. The average Bonchev–Trinajstić information content (AvgIpc) is 2.71. The van der Waals surface area contributed by atoms with E-state index in [1.54, 1.807) is 24.3 Å². The quantitative estimate of drug-likeness (QED) is 0.627. The van der Waals surface area contributed by atoms with Crippen LogP contribution in [0.3, 0.4) is 0 Å². The van der Waals surface area contributed by atoms with Gasteiger partial charge in [0.25, 0.3) is 5.91 Å². The minimum absolute atomic E-state index is 0.120. The summed E-state index contributed by atoms with van der Waals surface area (Å²) in [6.07, 6.45) is 1.76. The first-order valence-corrected chi connectivity index (χ1v) is 9.99. The third-order valence-corrected chi connectivity index (χ3v) is 4.33. The fourth-order valence-corrected chi connectivity index (χ4v) is 2.59. The number of nitrogens with one attached hydrogen (secondary N) is 2. The molecule has 0 aliphatic rings. The van der Waals surface area contributed by atoms with Crippen molar-refractivity contribution in [3.63, 3.8) is 0 Å². The number of anilines is 1. The van der Waals surface area contributed by atoms with E-state index in [0.29, 0.717) is 36.0 Å². The van der Waals surface area contributed by atoms with Gasteiger partial charge < -0.3 is 20.1 Å². The van der Waals surface area contributed by atoms with Gasteiger partial charge in [-0.25, -0.2) is 0 Å². The molecule has 0 fully saturated rings. The van der Waals surface area contributed by atoms with Crippen LogP contribution in [-0.2, 0) is 4.79 Å². The summed E-state index contributed by atoms with van der Waals surface area (Å²) in [4.78, 5) is 24.5. The van der Waals surface area contributed by atoms with Crippen LogP contribution in [0.2, 0.25) is 0 Å². The zero-order chi connectivity index (χ0) is 21.2. The summed E-state index contributed by atoms with van der Waals surface area (Å²) in [5.74, 6) is 0.656. The average molecular weight is 399 g/mol. The molecule has 2 rings (SSSR count). The number of ether oxygens (including phenoxy) is 2. The molecule has 2 amide bonds. The van der Waals surface area contributed by atoms with Crippen LogP contribution in [-0.4, -0.2) is 31.6 Å². The topological polar surface area (TPSA) is 76.7 Å².